The Kier molecular flexibility index (Phi) is 7.34. The number of aromatic nitrogens is 1. The molecule has 0 spiro atoms. The van der Waals surface area contributed by atoms with Gasteiger partial charge in [-0.15, -0.1) is 0 Å². The molecule has 1 rings (SSSR count). The summed E-state index contributed by atoms with van der Waals surface area (Å²) in [7, 11) is 0. The fourth-order valence-corrected chi connectivity index (χ4v) is 1.69. The molecule has 0 saturated carbocycles. The van der Waals surface area contributed by atoms with Crippen LogP contribution in [0.5, 0.6) is 0 Å². The third-order valence-electron chi connectivity index (χ3n) is 3.69. The van der Waals surface area contributed by atoms with Gasteiger partial charge in [-0.1, -0.05) is 6.07 Å². The molecule has 7 heteroatoms. The summed E-state index contributed by atoms with van der Waals surface area (Å²) < 4.78 is 0. The van der Waals surface area contributed by atoms with Crippen LogP contribution in [0, 0.1) is 0 Å². The summed E-state index contributed by atoms with van der Waals surface area (Å²) in [5.41, 5.74) is 0.366. The molecule has 1 aromatic rings. The van der Waals surface area contributed by atoms with Gasteiger partial charge in [0.1, 0.15) is 0 Å². The quantitative estimate of drug-likeness (QED) is 0.319. The number of nitrogens with one attached hydrogen (secondary N) is 2. The van der Waals surface area contributed by atoms with Gasteiger partial charge in [-0.05, 0) is 25.0 Å². The van der Waals surface area contributed by atoms with Gasteiger partial charge in [0.05, 0.1) is 37.5 Å². The van der Waals surface area contributed by atoms with Crippen molar-refractivity contribution in [2.45, 2.75) is 38.0 Å². The lowest BCUT2D eigenvalue weighted by Gasteiger charge is -2.27. The molecule has 0 aliphatic rings. The van der Waals surface area contributed by atoms with E-state index < -0.39 is 11.1 Å². The lowest BCUT2D eigenvalue weighted by molar-refractivity contribution is 0.103. The Hall–Kier alpha value is -1.09. The first-order valence-corrected chi connectivity index (χ1v) is 7.26. The van der Waals surface area contributed by atoms with Crippen molar-refractivity contribution in [3.05, 3.63) is 29.6 Å². The second-order valence-electron chi connectivity index (χ2n) is 6.16. The van der Waals surface area contributed by atoms with E-state index in [4.69, 9.17) is 0 Å². The third kappa shape index (κ3) is 5.60. The molecule has 0 aliphatic carbocycles. The molecule has 0 amide bonds. The highest BCUT2D eigenvalue weighted by Gasteiger charge is 2.22. The van der Waals surface area contributed by atoms with Gasteiger partial charge in [0.25, 0.3) is 0 Å². The van der Waals surface area contributed by atoms with Crippen LogP contribution in [0.4, 0.5) is 0 Å². The predicted molar refractivity (Wildman–Crippen MR) is 83.1 cm³/mol. The van der Waals surface area contributed by atoms with Crippen LogP contribution in [0.25, 0.3) is 0 Å². The number of aliphatic hydroxyl groups is 4. The van der Waals surface area contributed by atoms with Gasteiger partial charge in [-0.3, -0.25) is 4.98 Å². The van der Waals surface area contributed by atoms with Crippen molar-refractivity contribution in [3.63, 3.8) is 0 Å². The number of hydrogen-bond acceptors (Lipinski definition) is 7. The van der Waals surface area contributed by atoms with E-state index in [1.165, 1.54) is 0 Å². The van der Waals surface area contributed by atoms with Crippen LogP contribution in [0.3, 0.4) is 0 Å². The lowest BCUT2D eigenvalue weighted by atomic mass is 10.0. The Balaban J connectivity index is 2.63. The van der Waals surface area contributed by atoms with Crippen LogP contribution in [0.2, 0.25) is 0 Å². The van der Waals surface area contributed by atoms with Crippen molar-refractivity contribution in [1.82, 2.24) is 15.6 Å². The zero-order valence-corrected chi connectivity index (χ0v) is 13.2. The molecule has 0 bridgehead atoms. The summed E-state index contributed by atoms with van der Waals surface area (Å²) in [6.07, 6.45) is 3.42. The minimum Gasteiger partial charge on any atom is -0.394 e. The first kappa shape index (κ1) is 19.0. The summed E-state index contributed by atoms with van der Waals surface area (Å²) in [4.78, 5) is 4.16. The van der Waals surface area contributed by atoms with Gasteiger partial charge >= 0.3 is 0 Å². The van der Waals surface area contributed by atoms with E-state index in [1.54, 1.807) is 26.2 Å². The first-order valence-electron chi connectivity index (χ1n) is 7.26. The molecule has 0 aliphatic heterocycles. The maximum Gasteiger partial charge on any atom is 0.0633 e. The zero-order chi connectivity index (χ0) is 16.6. The molecular weight excluding hydrogens is 286 g/mol. The Morgan fingerprint density at radius 3 is 1.50 bits per heavy atom. The van der Waals surface area contributed by atoms with Crippen LogP contribution in [0.1, 0.15) is 25.0 Å². The summed E-state index contributed by atoms with van der Waals surface area (Å²) >= 11 is 0. The van der Waals surface area contributed by atoms with Gasteiger partial charge in [0, 0.05) is 25.5 Å². The van der Waals surface area contributed by atoms with Gasteiger partial charge < -0.3 is 31.1 Å². The lowest BCUT2D eigenvalue weighted by Crippen LogP contribution is -2.48. The Labute approximate surface area is 131 Å². The van der Waals surface area contributed by atoms with E-state index in [1.807, 2.05) is 6.07 Å². The number of nitrogens with zero attached hydrogens (tertiary/aromatic N) is 1. The fourth-order valence-electron chi connectivity index (χ4n) is 1.69. The minimum absolute atomic E-state index is 0.163. The highest BCUT2D eigenvalue weighted by Crippen LogP contribution is 2.08. The molecule has 6 N–H and O–H groups in total. The van der Waals surface area contributed by atoms with Crippen molar-refractivity contribution in [2.24, 2.45) is 0 Å². The molecule has 126 valence electrons. The van der Waals surface area contributed by atoms with Crippen molar-refractivity contribution >= 4 is 0 Å². The molecule has 1 heterocycles. The maximum absolute atomic E-state index is 9.25. The fraction of sp³-hybridized carbons (Fsp3) is 0.667. The number of rotatable bonds is 10. The van der Waals surface area contributed by atoms with Crippen molar-refractivity contribution in [3.8, 4) is 0 Å². The molecule has 0 saturated heterocycles. The van der Waals surface area contributed by atoms with Crippen LogP contribution in [0.15, 0.2) is 18.5 Å². The van der Waals surface area contributed by atoms with Gasteiger partial charge in [0.2, 0.25) is 0 Å². The Bertz CT molecular complexity index is 411. The second-order valence-corrected chi connectivity index (χ2v) is 6.16. The largest absolute Gasteiger partial charge is 0.394 e. The molecule has 1 aromatic heterocycles. The zero-order valence-electron chi connectivity index (χ0n) is 13.2. The average Bonchev–Trinajstić information content (AvgIpc) is 2.58. The predicted octanol–water partition coefficient (Wildman–Crippen LogP) is -1.25. The molecule has 0 atom stereocenters. The Morgan fingerprint density at radius 2 is 1.18 bits per heavy atom. The molecule has 0 unspecified atom stereocenters. The molecule has 7 nitrogen and oxygen atoms in total. The number of hydrogen-bond donors (Lipinski definition) is 6. The van der Waals surface area contributed by atoms with Crippen molar-refractivity contribution in [2.75, 3.05) is 26.4 Å². The summed E-state index contributed by atoms with van der Waals surface area (Å²) in [6.45, 7) is 3.76. The number of pyridine rings is 1. The van der Waals surface area contributed by atoms with Crippen LogP contribution < -0.4 is 10.6 Å². The molecule has 0 aromatic carbocycles. The number of aliphatic hydroxyl groups excluding tert-OH is 4. The van der Waals surface area contributed by atoms with Crippen LogP contribution >= 0.6 is 0 Å². The summed E-state index contributed by atoms with van der Waals surface area (Å²) in [6, 6.07) is 1.94. The smallest absolute Gasteiger partial charge is 0.0633 e. The van der Waals surface area contributed by atoms with Crippen molar-refractivity contribution in [1.29, 1.82) is 0 Å². The SMILES string of the molecule is CC(CO)(CO)NCc1cncc(CNC(C)(CO)CO)c1. The normalized spacial score (nSPS) is 12.6. The highest BCUT2D eigenvalue weighted by atomic mass is 16.3. The van der Waals surface area contributed by atoms with E-state index in [-0.39, 0.29) is 26.4 Å². The summed E-state index contributed by atoms with van der Waals surface area (Å²) in [5.74, 6) is 0. The van der Waals surface area contributed by atoms with E-state index in [0.717, 1.165) is 11.1 Å². The van der Waals surface area contributed by atoms with E-state index in [2.05, 4.69) is 15.6 Å². The topological polar surface area (TPSA) is 118 Å². The first-order chi connectivity index (χ1) is 10.4. The maximum atomic E-state index is 9.25. The molecule has 22 heavy (non-hydrogen) atoms. The van der Waals surface area contributed by atoms with Crippen LogP contribution in [-0.2, 0) is 13.1 Å². The molecule has 0 radical (unpaired) electrons. The second kappa shape index (κ2) is 8.52. The van der Waals surface area contributed by atoms with E-state index in [9.17, 15) is 20.4 Å². The third-order valence-corrected chi connectivity index (χ3v) is 3.69. The highest BCUT2D eigenvalue weighted by molar-refractivity contribution is 5.18. The summed E-state index contributed by atoms with van der Waals surface area (Å²) in [5, 5.41) is 43.2. The van der Waals surface area contributed by atoms with E-state index in [0.29, 0.717) is 13.1 Å². The van der Waals surface area contributed by atoms with Gasteiger partial charge in [-0.2, -0.15) is 0 Å². The van der Waals surface area contributed by atoms with Gasteiger partial charge in [0.15, 0.2) is 0 Å². The van der Waals surface area contributed by atoms with E-state index >= 15 is 0 Å². The standard InChI is InChI=1S/C15H27N3O4/c1-14(8-19,9-20)17-6-12-3-13(5-16-4-12)7-18-15(2,10-21)11-22/h3-5,17-22H,6-11H2,1-2H3. The molecule has 0 fully saturated rings. The Morgan fingerprint density at radius 1 is 0.818 bits per heavy atom. The molecular formula is C15H27N3O4. The van der Waals surface area contributed by atoms with Crippen LogP contribution in [-0.4, -0.2) is 62.9 Å². The van der Waals surface area contributed by atoms with Crippen molar-refractivity contribution < 1.29 is 20.4 Å². The monoisotopic (exact) mass is 313 g/mol. The van der Waals surface area contributed by atoms with Gasteiger partial charge in [-0.25, -0.2) is 0 Å². The average molecular weight is 313 g/mol. The minimum atomic E-state index is -0.736.